The number of ether oxygens (including phenoxy) is 1. The largest absolute Gasteiger partial charge is 0.375 e. The van der Waals surface area contributed by atoms with Crippen LogP contribution in [-0.2, 0) is 20.9 Å². The van der Waals surface area contributed by atoms with Gasteiger partial charge < -0.3 is 20.7 Å². The molecular formula is C23H37N3O3. The fourth-order valence-corrected chi connectivity index (χ4v) is 3.62. The molecule has 6 nitrogen and oxygen atoms in total. The number of nitrogens with one attached hydrogen (secondary N) is 1. The van der Waals surface area contributed by atoms with Gasteiger partial charge in [0.15, 0.2) is 0 Å². The molecule has 3 atom stereocenters. The third-order valence-corrected chi connectivity index (χ3v) is 5.56. The second kappa shape index (κ2) is 11.9. The number of unbranched alkanes of at least 4 members (excludes halogenated alkanes) is 1. The highest BCUT2D eigenvalue weighted by atomic mass is 16.5. The lowest BCUT2D eigenvalue weighted by molar-refractivity contribution is -0.138. The first-order valence-corrected chi connectivity index (χ1v) is 10.9. The number of nitrogens with two attached hydrogens (primary N) is 1. The highest BCUT2D eigenvalue weighted by Crippen LogP contribution is 2.20. The zero-order valence-electron chi connectivity index (χ0n) is 18.1. The number of hydrogen-bond donors (Lipinski definition) is 2. The lowest BCUT2D eigenvalue weighted by atomic mass is 10.0. The summed E-state index contributed by atoms with van der Waals surface area (Å²) in [4.78, 5) is 27.6. The number of amides is 2. The predicted octanol–water partition coefficient (Wildman–Crippen LogP) is 2.85. The maximum absolute atomic E-state index is 13.2. The first-order valence-electron chi connectivity index (χ1n) is 10.9. The van der Waals surface area contributed by atoms with Crippen molar-refractivity contribution in [3.8, 4) is 0 Å². The van der Waals surface area contributed by atoms with E-state index in [1.807, 2.05) is 49.1 Å². The maximum Gasteiger partial charge on any atom is 0.245 e. The van der Waals surface area contributed by atoms with E-state index in [-0.39, 0.29) is 23.8 Å². The Bertz CT molecular complexity index is 636. The van der Waals surface area contributed by atoms with E-state index < -0.39 is 12.1 Å². The minimum absolute atomic E-state index is 0.00596. The summed E-state index contributed by atoms with van der Waals surface area (Å²) in [7, 11) is 0. The maximum atomic E-state index is 13.2. The van der Waals surface area contributed by atoms with Crippen molar-refractivity contribution in [1.82, 2.24) is 10.2 Å². The van der Waals surface area contributed by atoms with E-state index in [0.29, 0.717) is 26.2 Å². The van der Waals surface area contributed by atoms with Crippen LogP contribution < -0.4 is 11.1 Å². The molecule has 1 saturated heterocycles. The van der Waals surface area contributed by atoms with Crippen LogP contribution in [0.4, 0.5) is 0 Å². The van der Waals surface area contributed by atoms with Crippen molar-refractivity contribution in [2.24, 2.45) is 11.7 Å². The summed E-state index contributed by atoms with van der Waals surface area (Å²) in [5.74, 6) is -0.220. The summed E-state index contributed by atoms with van der Waals surface area (Å²) in [6.07, 6.45) is 4.39. The number of benzene rings is 1. The van der Waals surface area contributed by atoms with Gasteiger partial charge in [0.05, 0.1) is 25.3 Å². The number of rotatable bonds is 11. The van der Waals surface area contributed by atoms with E-state index in [9.17, 15) is 9.59 Å². The molecule has 6 heteroatoms. The van der Waals surface area contributed by atoms with Crippen LogP contribution in [-0.4, -0.2) is 48.0 Å². The average molecular weight is 404 g/mol. The third kappa shape index (κ3) is 7.12. The highest BCUT2D eigenvalue weighted by molar-refractivity contribution is 5.90. The van der Waals surface area contributed by atoms with Gasteiger partial charge in [-0.1, -0.05) is 63.9 Å². The van der Waals surface area contributed by atoms with Crippen molar-refractivity contribution in [2.75, 3.05) is 13.2 Å². The Morgan fingerprint density at radius 3 is 2.66 bits per heavy atom. The Labute approximate surface area is 175 Å². The van der Waals surface area contributed by atoms with Crippen molar-refractivity contribution in [1.29, 1.82) is 0 Å². The predicted molar refractivity (Wildman–Crippen MR) is 115 cm³/mol. The molecule has 0 spiro atoms. The normalized spacial score (nSPS) is 18.7. The number of likely N-dealkylation sites (tertiary alicyclic amines) is 1. The number of nitrogens with zero attached hydrogens (tertiary/aromatic N) is 1. The summed E-state index contributed by atoms with van der Waals surface area (Å²) in [6, 6.07) is 8.98. The summed E-state index contributed by atoms with van der Waals surface area (Å²) in [5.41, 5.74) is 7.11. The van der Waals surface area contributed by atoms with Crippen LogP contribution in [0, 0.1) is 5.92 Å². The molecule has 0 aliphatic carbocycles. The SMILES string of the molecule is CCCC[C@H](NC(=O)[C@@H](N)C(C)C)C(=O)N1CCC[C@H]1COCc1ccccc1. The van der Waals surface area contributed by atoms with Crippen molar-refractivity contribution < 1.29 is 14.3 Å². The first-order chi connectivity index (χ1) is 13.9. The van der Waals surface area contributed by atoms with Crippen LogP contribution in [0.3, 0.4) is 0 Å². The van der Waals surface area contributed by atoms with Crippen LogP contribution >= 0.6 is 0 Å². The molecule has 1 heterocycles. The molecule has 0 saturated carbocycles. The molecule has 1 aromatic rings. The Morgan fingerprint density at radius 2 is 2.00 bits per heavy atom. The van der Waals surface area contributed by atoms with E-state index >= 15 is 0 Å². The van der Waals surface area contributed by atoms with Crippen LogP contribution in [0.1, 0.15) is 58.4 Å². The molecule has 2 rings (SSSR count). The van der Waals surface area contributed by atoms with Crippen molar-refractivity contribution in [3.05, 3.63) is 35.9 Å². The third-order valence-electron chi connectivity index (χ3n) is 5.56. The van der Waals surface area contributed by atoms with Gasteiger partial charge in [0, 0.05) is 6.54 Å². The van der Waals surface area contributed by atoms with E-state index in [1.54, 1.807) is 0 Å². The van der Waals surface area contributed by atoms with Gasteiger partial charge in [-0.15, -0.1) is 0 Å². The van der Waals surface area contributed by atoms with E-state index in [4.69, 9.17) is 10.5 Å². The summed E-state index contributed by atoms with van der Waals surface area (Å²) < 4.78 is 5.89. The number of hydrogen-bond acceptors (Lipinski definition) is 4. The summed E-state index contributed by atoms with van der Waals surface area (Å²) >= 11 is 0. The van der Waals surface area contributed by atoms with Crippen molar-refractivity contribution in [2.45, 2.75) is 77.6 Å². The van der Waals surface area contributed by atoms with E-state index in [2.05, 4.69) is 12.2 Å². The molecule has 1 aliphatic heterocycles. The van der Waals surface area contributed by atoms with Crippen molar-refractivity contribution >= 4 is 11.8 Å². The van der Waals surface area contributed by atoms with Gasteiger partial charge in [0.25, 0.3) is 0 Å². The first kappa shape index (κ1) is 23.4. The van der Waals surface area contributed by atoms with Gasteiger partial charge >= 0.3 is 0 Å². The van der Waals surface area contributed by atoms with Gasteiger partial charge in [0.2, 0.25) is 11.8 Å². The smallest absolute Gasteiger partial charge is 0.245 e. The lowest BCUT2D eigenvalue weighted by Crippen LogP contribution is -2.54. The molecule has 1 aromatic carbocycles. The molecule has 0 aromatic heterocycles. The number of carbonyl (C=O) groups excluding carboxylic acids is 2. The van der Waals surface area contributed by atoms with Crippen LogP contribution in [0.25, 0.3) is 0 Å². The Balaban J connectivity index is 1.95. The minimum Gasteiger partial charge on any atom is -0.375 e. The van der Waals surface area contributed by atoms with E-state index in [0.717, 1.165) is 31.2 Å². The van der Waals surface area contributed by atoms with Crippen LogP contribution in [0.2, 0.25) is 0 Å². The Hall–Kier alpha value is -1.92. The zero-order chi connectivity index (χ0) is 21.2. The lowest BCUT2D eigenvalue weighted by Gasteiger charge is -2.30. The second-order valence-corrected chi connectivity index (χ2v) is 8.30. The fourth-order valence-electron chi connectivity index (χ4n) is 3.62. The Kier molecular flexibility index (Phi) is 9.61. The van der Waals surface area contributed by atoms with Gasteiger partial charge in [-0.2, -0.15) is 0 Å². The van der Waals surface area contributed by atoms with Crippen LogP contribution in [0.5, 0.6) is 0 Å². The van der Waals surface area contributed by atoms with Gasteiger partial charge in [0.1, 0.15) is 6.04 Å². The standard InChI is InChI=1S/C23H37N3O3/c1-4-5-13-20(25-22(27)21(24)17(2)3)23(28)26-14-9-12-19(26)16-29-15-18-10-7-6-8-11-18/h6-8,10-11,17,19-21H,4-5,9,12-16,24H2,1-3H3,(H,25,27)/t19-,20-,21-/m0/s1. The molecule has 1 aliphatic rings. The van der Waals surface area contributed by atoms with Crippen LogP contribution in [0.15, 0.2) is 30.3 Å². The molecule has 1 fully saturated rings. The molecule has 0 radical (unpaired) electrons. The summed E-state index contributed by atoms with van der Waals surface area (Å²) in [5, 5.41) is 2.92. The molecule has 2 amide bonds. The van der Waals surface area contributed by atoms with Crippen molar-refractivity contribution in [3.63, 3.8) is 0 Å². The quantitative estimate of drug-likeness (QED) is 0.595. The molecule has 162 valence electrons. The average Bonchev–Trinajstić information content (AvgIpc) is 3.19. The highest BCUT2D eigenvalue weighted by Gasteiger charge is 2.34. The molecule has 0 unspecified atom stereocenters. The summed E-state index contributed by atoms with van der Waals surface area (Å²) in [6.45, 7) is 7.67. The molecule has 0 bridgehead atoms. The molecule has 29 heavy (non-hydrogen) atoms. The second-order valence-electron chi connectivity index (χ2n) is 8.30. The molecular weight excluding hydrogens is 366 g/mol. The number of carbonyl (C=O) groups is 2. The van der Waals surface area contributed by atoms with Gasteiger partial charge in [-0.25, -0.2) is 0 Å². The van der Waals surface area contributed by atoms with E-state index in [1.165, 1.54) is 0 Å². The van der Waals surface area contributed by atoms with Gasteiger partial charge in [-0.05, 0) is 30.7 Å². The topological polar surface area (TPSA) is 84.7 Å². The van der Waals surface area contributed by atoms with Gasteiger partial charge in [-0.3, -0.25) is 9.59 Å². The monoisotopic (exact) mass is 403 g/mol. The zero-order valence-corrected chi connectivity index (χ0v) is 18.1. The minimum atomic E-state index is -0.601. The molecule has 3 N–H and O–H groups in total. The fraction of sp³-hybridized carbons (Fsp3) is 0.652. The Morgan fingerprint density at radius 1 is 1.28 bits per heavy atom.